The highest BCUT2D eigenvalue weighted by Gasteiger charge is 2.43. The van der Waals surface area contributed by atoms with Crippen LogP contribution in [-0.4, -0.2) is 27.3 Å². The van der Waals surface area contributed by atoms with Gasteiger partial charge in [-0.3, -0.25) is 0 Å². The fraction of sp³-hybridized carbons (Fsp3) is 0.417. The standard InChI is InChI=1S/C12H16O4/c1-9-7-5-6-8-10(9)12(15-3,16-4)11(13)14-2/h5-8H,1-4H3. The van der Waals surface area contributed by atoms with E-state index in [2.05, 4.69) is 0 Å². The molecule has 0 unspecified atom stereocenters. The molecule has 0 aliphatic heterocycles. The first-order chi connectivity index (χ1) is 7.62. The summed E-state index contributed by atoms with van der Waals surface area (Å²) in [6, 6.07) is 7.36. The zero-order valence-electron chi connectivity index (χ0n) is 9.94. The summed E-state index contributed by atoms with van der Waals surface area (Å²) in [7, 11) is 4.12. The Balaban J connectivity index is 3.32. The van der Waals surface area contributed by atoms with Crippen molar-refractivity contribution in [3.8, 4) is 0 Å². The SMILES string of the molecule is COC(=O)C(OC)(OC)c1ccccc1C. The van der Waals surface area contributed by atoms with E-state index in [0.717, 1.165) is 5.56 Å². The summed E-state index contributed by atoms with van der Waals surface area (Å²) in [5, 5.41) is 0. The van der Waals surface area contributed by atoms with Crippen molar-refractivity contribution in [1.29, 1.82) is 0 Å². The van der Waals surface area contributed by atoms with Crippen LogP contribution in [0, 0.1) is 6.92 Å². The Morgan fingerprint density at radius 2 is 1.69 bits per heavy atom. The van der Waals surface area contributed by atoms with Crippen molar-refractivity contribution in [2.45, 2.75) is 12.7 Å². The summed E-state index contributed by atoms with van der Waals surface area (Å²) in [6.45, 7) is 1.88. The number of methoxy groups -OCH3 is 3. The average Bonchev–Trinajstić information content (AvgIpc) is 2.33. The van der Waals surface area contributed by atoms with Crippen LogP contribution >= 0.6 is 0 Å². The van der Waals surface area contributed by atoms with Crippen LogP contribution in [0.4, 0.5) is 0 Å². The van der Waals surface area contributed by atoms with Crippen molar-refractivity contribution >= 4 is 5.97 Å². The summed E-state index contributed by atoms with van der Waals surface area (Å²) in [5.74, 6) is -2.06. The predicted molar refractivity (Wildman–Crippen MR) is 58.9 cm³/mol. The molecule has 1 aromatic carbocycles. The second-order valence-corrected chi connectivity index (χ2v) is 3.33. The van der Waals surface area contributed by atoms with Crippen molar-refractivity contribution < 1.29 is 19.0 Å². The van der Waals surface area contributed by atoms with Crippen molar-refractivity contribution in [2.24, 2.45) is 0 Å². The number of hydrogen-bond acceptors (Lipinski definition) is 4. The maximum Gasteiger partial charge on any atom is 0.371 e. The molecule has 0 atom stereocenters. The number of benzene rings is 1. The van der Waals surface area contributed by atoms with Gasteiger partial charge >= 0.3 is 5.97 Å². The third-order valence-electron chi connectivity index (χ3n) is 2.53. The molecule has 0 aliphatic carbocycles. The predicted octanol–water partition coefficient (Wildman–Crippen LogP) is 1.61. The molecule has 0 fully saturated rings. The van der Waals surface area contributed by atoms with Gasteiger partial charge in [0.25, 0.3) is 5.79 Å². The van der Waals surface area contributed by atoms with E-state index < -0.39 is 11.8 Å². The lowest BCUT2D eigenvalue weighted by Gasteiger charge is -2.29. The number of carbonyl (C=O) groups excluding carboxylic acids is 1. The molecule has 0 aromatic heterocycles. The second-order valence-electron chi connectivity index (χ2n) is 3.33. The molecule has 0 radical (unpaired) electrons. The van der Waals surface area contributed by atoms with E-state index in [0.29, 0.717) is 5.56 Å². The molecule has 1 aromatic rings. The Morgan fingerprint density at radius 3 is 2.12 bits per heavy atom. The van der Waals surface area contributed by atoms with E-state index in [1.54, 1.807) is 6.07 Å². The largest absolute Gasteiger partial charge is 0.465 e. The van der Waals surface area contributed by atoms with Crippen LogP contribution in [0.1, 0.15) is 11.1 Å². The van der Waals surface area contributed by atoms with Crippen LogP contribution in [0.5, 0.6) is 0 Å². The highest BCUT2D eigenvalue weighted by molar-refractivity contribution is 5.80. The molecule has 0 spiro atoms. The van der Waals surface area contributed by atoms with Crippen LogP contribution in [-0.2, 0) is 24.8 Å². The van der Waals surface area contributed by atoms with Gasteiger partial charge in [-0.2, -0.15) is 0 Å². The van der Waals surface area contributed by atoms with Crippen molar-refractivity contribution in [2.75, 3.05) is 21.3 Å². The monoisotopic (exact) mass is 224 g/mol. The minimum Gasteiger partial charge on any atom is -0.465 e. The molecule has 0 bridgehead atoms. The number of carbonyl (C=O) groups is 1. The lowest BCUT2D eigenvalue weighted by molar-refractivity contribution is -0.234. The first kappa shape index (κ1) is 12.7. The maximum atomic E-state index is 11.8. The smallest absolute Gasteiger partial charge is 0.371 e. The molecule has 0 saturated carbocycles. The van der Waals surface area contributed by atoms with Crippen LogP contribution in [0.3, 0.4) is 0 Å². The molecule has 0 saturated heterocycles. The molecule has 0 amide bonds. The van der Waals surface area contributed by atoms with Crippen molar-refractivity contribution in [1.82, 2.24) is 0 Å². The minimum atomic E-state index is -1.49. The van der Waals surface area contributed by atoms with Crippen LogP contribution in [0.25, 0.3) is 0 Å². The van der Waals surface area contributed by atoms with Gasteiger partial charge in [-0.05, 0) is 12.5 Å². The summed E-state index contributed by atoms with van der Waals surface area (Å²) >= 11 is 0. The quantitative estimate of drug-likeness (QED) is 0.575. The average molecular weight is 224 g/mol. The number of aryl methyl sites for hydroxylation is 1. The Kier molecular flexibility index (Phi) is 4.04. The fourth-order valence-electron chi connectivity index (χ4n) is 1.66. The van der Waals surface area contributed by atoms with E-state index >= 15 is 0 Å². The van der Waals surface area contributed by atoms with Gasteiger partial charge in [-0.15, -0.1) is 0 Å². The van der Waals surface area contributed by atoms with Gasteiger partial charge in [0.1, 0.15) is 0 Å². The Morgan fingerprint density at radius 1 is 1.12 bits per heavy atom. The molecule has 0 heterocycles. The maximum absolute atomic E-state index is 11.8. The number of ether oxygens (including phenoxy) is 3. The highest BCUT2D eigenvalue weighted by atomic mass is 16.7. The Hall–Kier alpha value is -1.39. The van der Waals surface area contributed by atoms with Crippen LogP contribution < -0.4 is 0 Å². The fourth-order valence-corrected chi connectivity index (χ4v) is 1.66. The zero-order chi connectivity index (χ0) is 12.2. The van der Waals surface area contributed by atoms with E-state index in [1.165, 1.54) is 21.3 Å². The second kappa shape index (κ2) is 5.09. The number of rotatable bonds is 4. The van der Waals surface area contributed by atoms with Crippen LogP contribution in [0.2, 0.25) is 0 Å². The first-order valence-electron chi connectivity index (χ1n) is 4.87. The molecule has 1 rings (SSSR count). The highest BCUT2D eigenvalue weighted by Crippen LogP contribution is 2.29. The van der Waals surface area contributed by atoms with Gasteiger partial charge in [0.2, 0.25) is 0 Å². The van der Waals surface area contributed by atoms with Crippen LogP contribution in [0.15, 0.2) is 24.3 Å². The molecular weight excluding hydrogens is 208 g/mol. The van der Waals surface area contributed by atoms with Gasteiger partial charge in [-0.25, -0.2) is 4.79 Å². The van der Waals surface area contributed by atoms with Crippen molar-refractivity contribution in [3.05, 3.63) is 35.4 Å². The lowest BCUT2D eigenvalue weighted by Crippen LogP contribution is -2.41. The molecule has 0 N–H and O–H groups in total. The summed E-state index contributed by atoms with van der Waals surface area (Å²) < 4.78 is 15.1. The third-order valence-corrected chi connectivity index (χ3v) is 2.53. The number of esters is 1. The molecular formula is C12H16O4. The van der Waals surface area contributed by atoms with Crippen molar-refractivity contribution in [3.63, 3.8) is 0 Å². The normalized spacial score (nSPS) is 11.2. The summed E-state index contributed by atoms with van der Waals surface area (Å²) in [6.07, 6.45) is 0. The van der Waals surface area contributed by atoms with E-state index in [9.17, 15) is 4.79 Å². The zero-order valence-corrected chi connectivity index (χ0v) is 9.94. The Labute approximate surface area is 95.1 Å². The van der Waals surface area contributed by atoms with E-state index in [-0.39, 0.29) is 0 Å². The van der Waals surface area contributed by atoms with Gasteiger partial charge in [0, 0.05) is 19.8 Å². The molecule has 4 nitrogen and oxygen atoms in total. The molecule has 0 aliphatic rings. The molecule has 4 heteroatoms. The number of hydrogen-bond donors (Lipinski definition) is 0. The van der Waals surface area contributed by atoms with Gasteiger partial charge in [-0.1, -0.05) is 24.3 Å². The first-order valence-corrected chi connectivity index (χ1v) is 4.87. The summed E-state index contributed by atoms with van der Waals surface area (Å²) in [5.41, 5.74) is 1.54. The van der Waals surface area contributed by atoms with E-state index in [4.69, 9.17) is 14.2 Å². The van der Waals surface area contributed by atoms with Gasteiger partial charge in [0.05, 0.1) is 7.11 Å². The minimum absolute atomic E-state index is 0.577. The lowest BCUT2D eigenvalue weighted by atomic mass is 10.00. The molecule has 88 valence electrons. The third kappa shape index (κ3) is 1.94. The Bertz CT molecular complexity index is 369. The summed E-state index contributed by atoms with van der Waals surface area (Å²) in [4.78, 5) is 11.8. The topological polar surface area (TPSA) is 44.8 Å². The van der Waals surface area contributed by atoms with Gasteiger partial charge < -0.3 is 14.2 Å². The molecule has 16 heavy (non-hydrogen) atoms. The van der Waals surface area contributed by atoms with Gasteiger partial charge in [0.15, 0.2) is 0 Å². The van der Waals surface area contributed by atoms with E-state index in [1.807, 2.05) is 25.1 Å².